The molecule has 3 N–H and O–H groups in total. The van der Waals surface area contributed by atoms with Gasteiger partial charge >= 0.3 is 0 Å². The van der Waals surface area contributed by atoms with Crippen molar-refractivity contribution < 1.29 is 4.39 Å². The molecule has 0 amide bonds. The van der Waals surface area contributed by atoms with Gasteiger partial charge in [-0.1, -0.05) is 6.07 Å². The Labute approximate surface area is 103 Å². The quantitative estimate of drug-likeness (QED) is 0.621. The molecule has 6 heteroatoms. The van der Waals surface area contributed by atoms with E-state index >= 15 is 0 Å². The summed E-state index contributed by atoms with van der Waals surface area (Å²) in [6.07, 6.45) is 2.50. The van der Waals surface area contributed by atoms with E-state index in [9.17, 15) is 4.39 Å². The maximum atomic E-state index is 13.3. The summed E-state index contributed by atoms with van der Waals surface area (Å²) in [6, 6.07) is 6.60. The second-order valence-electron chi connectivity index (χ2n) is 4.06. The maximum absolute atomic E-state index is 13.3. The van der Waals surface area contributed by atoms with Crippen molar-refractivity contribution in [3.05, 3.63) is 41.8 Å². The molecule has 18 heavy (non-hydrogen) atoms. The molecule has 1 aliphatic rings. The third-order valence-electron chi connectivity index (χ3n) is 2.99. The summed E-state index contributed by atoms with van der Waals surface area (Å²) in [5, 5.41) is 0. The average Bonchev–Trinajstić information content (AvgIpc) is 2.81. The van der Waals surface area contributed by atoms with Gasteiger partial charge in [0.05, 0.1) is 0 Å². The number of aromatic nitrogens is 2. The Morgan fingerprint density at radius 1 is 1.33 bits per heavy atom. The maximum Gasteiger partial charge on any atom is 0.239 e. The molecule has 0 unspecified atom stereocenters. The summed E-state index contributed by atoms with van der Waals surface area (Å²) in [6.45, 7) is 0.778. The van der Waals surface area contributed by atoms with Crippen molar-refractivity contribution in [2.45, 2.75) is 6.42 Å². The van der Waals surface area contributed by atoms with Gasteiger partial charge in [-0.15, -0.1) is 0 Å². The first-order chi connectivity index (χ1) is 8.78. The van der Waals surface area contributed by atoms with Crippen LogP contribution in [0.3, 0.4) is 0 Å². The van der Waals surface area contributed by atoms with E-state index in [4.69, 9.17) is 5.84 Å². The zero-order valence-corrected chi connectivity index (χ0v) is 9.60. The number of fused-ring (bicyclic) bond motifs is 1. The number of nitrogens with one attached hydrogen (secondary N) is 1. The van der Waals surface area contributed by atoms with Crippen molar-refractivity contribution in [1.29, 1.82) is 0 Å². The lowest BCUT2D eigenvalue weighted by atomic mass is 10.2. The number of hydrogen-bond acceptors (Lipinski definition) is 5. The molecule has 0 saturated carbocycles. The number of hydrazine groups is 1. The van der Waals surface area contributed by atoms with Crippen molar-refractivity contribution in [3.63, 3.8) is 0 Å². The zero-order valence-electron chi connectivity index (χ0n) is 9.60. The largest absolute Gasteiger partial charge is 0.326 e. The third-order valence-corrected chi connectivity index (χ3v) is 2.99. The molecule has 5 nitrogen and oxygen atoms in total. The predicted octanol–water partition coefficient (Wildman–Crippen LogP) is 1.60. The zero-order chi connectivity index (χ0) is 12.5. The summed E-state index contributed by atoms with van der Waals surface area (Å²) in [4.78, 5) is 10.2. The molecule has 1 aromatic heterocycles. The molecule has 2 aromatic rings. The molecule has 0 spiro atoms. The minimum atomic E-state index is -0.244. The highest BCUT2D eigenvalue weighted by Gasteiger charge is 2.22. The monoisotopic (exact) mass is 245 g/mol. The highest BCUT2D eigenvalue weighted by Crippen LogP contribution is 2.33. The van der Waals surface area contributed by atoms with E-state index < -0.39 is 0 Å². The molecule has 3 rings (SSSR count). The van der Waals surface area contributed by atoms with Gasteiger partial charge in [-0.3, -0.25) is 5.43 Å². The van der Waals surface area contributed by atoms with Gasteiger partial charge in [0.25, 0.3) is 0 Å². The van der Waals surface area contributed by atoms with Gasteiger partial charge in [0.15, 0.2) is 0 Å². The van der Waals surface area contributed by atoms with Crippen LogP contribution in [0.15, 0.2) is 30.5 Å². The van der Waals surface area contributed by atoms with Gasteiger partial charge in [-0.25, -0.2) is 15.2 Å². The fraction of sp³-hybridized carbons (Fsp3) is 0.167. The van der Waals surface area contributed by atoms with Gasteiger partial charge in [0.2, 0.25) is 5.95 Å². The van der Waals surface area contributed by atoms with E-state index in [1.807, 2.05) is 11.0 Å². The summed E-state index contributed by atoms with van der Waals surface area (Å²) < 4.78 is 13.3. The summed E-state index contributed by atoms with van der Waals surface area (Å²) in [5.74, 6) is 6.09. The van der Waals surface area contributed by atoms with Crippen LogP contribution in [0.4, 0.5) is 21.8 Å². The van der Waals surface area contributed by atoms with Crippen molar-refractivity contribution in [2.75, 3.05) is 16.9 Å². The average molecular weight is 245 g/mol. The van der Waals surface area contributed by atoms with Crippen molar-refractivity contribution >= 4 is 17.5 Å². The number of nitrogens with zero attached hydrogens (tertiary/aromatic N) is 3. The van der Waals surface area contributed by atoms with Gasteiger partial charge in [-0.2, -0.15) is 4.98 Å². The van der Waals surface area contributed by atoms with Crippen LogP contribution in [-0.2, 0) is 6.42 Å². The first-order valence-electron chi connectivity index (χ1n) is 5.63. The second kappa shape index (κ2) is 4.23. The van der Waals surface area contributed by atoms with Crippen LogP contribution in [-0.4, -0.2) is 16.5 Å². The number of hydrogen-bond donors (Lipinski definition) is 2. The Balaban J connectivity index is 2.02. The summed E-state index contributed by atoms with van der Waals surface area (Å²) >= 11 is 0. The minimum absolute atomic E-state index is 0.244. The van der Waals surface area contributed by atoms with E-state index in [0.717, 1.165) is 24.2 Å². The van der Waals surface area contributed by atoms with E-state index in [2.05, 4.69) is 15.4 Å². The van der Waals surface area contributed by atoms with E-state index in [1.165, 1.54) is 12.1 Å². The van der Waals surface area contributed by atoms with Crippen molar-refractivity contribution in [2.24, 2.45) is 5.84 Å². The standard InChI is InChI=1S/C12H12FN5/c13-9-2-1-8-4-6-18(10(8)7-9)11-3-5-15-12(16-11)17-14/h1-3,5,7H,4,6,14H2,(H,15,16,17). The smallest absolute Gasteiger partial charge is 0.239 e. The van der Waals surface area contributed by atoms with Crippen LogP contribution < -0.4 is 16.2 Å². The van der Waals surface area contributed by atoms with E-state index in [1.54, 1.807) is 12.3 Å². The van der Waals surface area contributed by atoms with Crippen LogP contribution in [0, 0.1) is 5.82 Å². The number of nitrogen functional groups attached to an aromatic ring is 1. The summed E-state index contributed by atoms with van der Waals surface area (Å²) in [5.41, 5.74) is 4.38. The number of nitrogens with two attached hydrogens (primary N) is 1. The Hall–Kier alpha value is -2.21. The number of anilines is 3. The molecule has 2 heterocycles. The highest BCUT2D eigenvalue weighted by molar-refractivity contribution is 5.67. The normalized spacial score (nSPS) is 13.6. The Morgan fingerprint density at radius 3 is 3.06 bits per heavy atom. The SMILES string of the molecule is NNc1nccc(N2CCc3ccc(F)cc32)n1. The fourth-order valence-corrected chi connectivity index (χ4v) is 2.16. The third kappa shape index (κ3) is 1.76. The lowest BCUT2D eigenvalue weighted by molar-refractivity contribution is 0.628. The number of benzene rings is 1. The van der Waals surface area contributed by atoms with Crippen LogP contribution in [0.25, 0.3) is 0 Å². The minimum Gasteiger partial charge on any atom is -0.326 e. The van der Waals surface area contributed by atoms with Crippen LogP contribution >= 0.6 is 0 Å². The van der Waals surface area contributed by atoms with Gasteiger partial charge in [0, 0.05) is 18.4 Å². The molecule has 92 valence electrons. The molecular formula is C12H12FN5. The Morgan fingerprint density at radius 2 is 2.22 bits per heavy atom. The van der Waals surface area contributed by atoms with Gasteiger partial charge in [-0.05, 0) is 30.2 Å². The molecule has 1 aliphatic heterocycles. The highest BCUT2D eigenvalue weighted by atomic mass is 19.1. The predicted molar refractivity (Wildman–Crippen MR) is 67.0 cm³/mol. The Bertz CT molecular complexity index is 586. The van der Waals surface area contributed by atoms with Crippen molar-refractivity contribution in [3.8, 4) is 0 Å². The molecule has 0 radical (unpaired) electrons. The first-order valence-corrected chi connectivity index (χ1v) is 5.63. The molecule has 0 aliphatic carbocycles. The van der Waals surface area contributed by atoms with E-state index in [0.29, 0.717) is 11.8 Å². The molecule has 1 aromatic carbocycles. The van der Waals surface area contributed by atoms with Crippen LogP contribution in [0.5, 0.6) is 0 Å². The second-order valence-corrected chi connectivity index (χ2v) is 4.06. The number of halogens is 1. The number of rotatable bonds is 2. The van der Waals surface area contributed by atoms with Gasteiger partial charge in [0.1, 0.15) is 11.6 Å². The summed E-state index contributed by atoms with van der Waals surface area (Å²) in [7, 11) is 0. The lowest BCUT2D eigenvalue weighted by Crippen LogP contribution is -2.17. The van der Waals surface area contributed by atoms with Crippen LogP contribution in [0.1, 0.15) is 5.56 Å². The van der Waals surface area contributed by atoms with Crippen molar-refractivity contribution in [1.82, 2.24) is 9.97 Å². The molecular weight excluding hydrogens is 233 g/mol. The Kier molecular flexibility index (Phi) is 2.56. The lowest BCUT2D eigenvalue weighted by Gasteiger charge is -2.18. The molecule has 0 atom stereocenters. The molecule has 0 saturated heterocycles. The van der Waals surface area contributed by atoms with E-state index in [-0.39, 0.29) is 5.82 Å². The van der Waals surface area contributed by atoms with Crippen LogP contribution in [0.2, 0.25) is 0 Å². The van der Waals surface area contributed by atoms with Gasteiger partial charge < -0.3 is 4.90 Å². The topological polar surface area (TPSA) is 67.1 Å². The fourth-order valence-electron chi connectivity index (χ4n) is 2.16. The molecule has 0 bridgehead atoms. The molecule has 0 fully saturated rings. The first kappa shape index (κ1) is 10.9.